The van der Waals surface area contributed by atoms with Crippen LogP contribution < -0.4 is 10.2 Å². The first-order chi connectivity index (χ1) is 30.5. The zero-order chi connectivity index (χ0) is 46.4. The maximum Gasteiger partial charge on any atom is 0.268 e. The van der Waals surface area contributed by atoms with Gasteiger partial charge in [0.05, 0.1) is 39.9 Å². The van der Waals surface area contributed by atoms with E-state index in [9.17, 15) is 19.4 Å². The Kier molecular flexibility index (Phi) is 45.4. The molecule has 8 nitrogen and oxygen atoms in total. The molecule has 9 heteroatoms. The number of hydrogen-bond donors (Lipinski definition) is 2. The Bertz CT molecular complexity index is 1080. The first kappa shape index (κ1) is 62.0. The van der Waals surface area contributed by atoms with Crippen LogP contribution in [-0.4, -0.2) is 68.5 Å². The Morgan fingerprint density at radius 2 is 0.921 bits per heavy atom. The van der Waals surface area contributed by atoms with Crippen molar-refractivity contribution in [1.29, 1.82) is 0 Å². The fourth-order valence-corrected chi connectivity index (χ4v) is 8.85. The number of phosphoric ester groups is 1. The van der Waals surface area contributed by atoms with E-state index in [1.165, 1.54) is 173 Å². The number of allylic oxidation sites excluding steroid dienone is 4. The van der Waals surface area contributed by atoms with Crippen LogP contribution in [0, 0.1) is 0 Å². The average Bonchev–Trinajstić information content (AvgIpc) is 3.24. The van der Waals surface area contributed by atoms with Crippen LogP contribution in [0.4, 0.5) is 0 Å². The third kappa shape index (κ3) is 48.7. The number of quaternary nitrogens is 1. The molecule has 2 N–H and O–H groups in total. The highest BCUT2D eigenvalue weighted by Gasteiger charge is 2.24. The van der Waals surface area contributed by atoms with E-state index in [1.54, 1.807) is 0 Å². The number of hydrogen-bond acceptors (Lipinski definition) is 6. The molecule has 0 saturated carbocycles. The van der Waals surface area contributed by atoms with Gasteiger partial charge in [0, 0.05) is 6.42 Å². The lowest BCUT2D eigenvalue weighted by atomic mass is 10.0. The normalized spacial score (nSPS) is 14.2. The fraction of sp³-hybridized carbons (Fsp3) is 0.907. The molecule has 0 spiro atoms. The summed E-state index contributed by atoms with van der Waals surface area (Å²) in [7, 11) is 1.30. The third-order valence-corrected chi connectivity index (χ3v) is 13.4. The average molecular weight is 911 g/mol. The molecule has 0 aromatic rings. The summed E-state index contributed by atoms with van der Waals surface area (Å²) in [5, 5.41) is 14.0. The van der Waals surface area contributed by atoms with Gasteiger partial charge in [-0.2, -0.15) is 0 Å². The van der Waals surface area contributed by atoms with Crippen LogP contribution in [0.1, 0.15) is 264 Å². The van der Waals surface area contributed by atoms with Gasteiger partial charge in [0.2, 0.25) is 5.91 Å². The second kappa shape index (κ2) is 46.1. The van der Waals surface area contributed by atoms with Crippen molar-refractivity contribution in [2.24, 2.45) is 0 Å². The molecule has 0 fully saturated rings. The molecule has 0 radical (unpaired) electrons. The third-order valence-electron chi connectivity index (χ3n) is 12.4. The van der Waals surface area contributed by atoms with E-state index in [0.29, 0.717) is 23.9 Å². The molecule has 0 aliphatic heterocycles. The molecule has 63 heavy (non-hydrogen) atoms. The highest BCUT2D eigenvalue weighted by molar-refractivity contribution is 7.45. The molecule has 3 atom stereocenters. The maximum atomic E-state index is 12.9. The molecule has 0 aromatic heterocycles. The minimum Gasteiger partial charge on any atom is -0.756 e. The zero-order valence-corrected chi connectivity index (χ0v) is 43.4. The van der Waals surface area contributed by atoms with Crippen LogP contribution in [0.2, 0.25) is 0 Å². The summed E-state index contributed by atoms with van der Waals surface area (Å²) in [6.45, 7) is 4.71. The predicted molar refractivity (Wildman–Crippen MR) is 270 cm³/mol. The lowest BCUT2D eigenvalue weighted by molar-refractivity contribution is -0.870. The Labute approximate surface area is 392 Å². The van der Waals surface area contributed by atoms with Crippen LogP contribution in [0.3, 0.4) is 0 Å². The lowest BCUT2D eigenvalue weighted by Crippen LogP contribution is -2.46. The Balaban J connectivity index is 4.15. The van der Waals surface area contributed by atoms with Crippen molar-refractivity contribution in [3.63, 3.8) is 0 Å². The van der Waals surface area contributed by atoms with E-state index in [1.807, 2.05) is 21.1 Å². The van der Waals surface area contributed by atoms with Gasteiger partial charge in [-0.3, -0.25) is 9.36 Å². The second-order valence-electron chi connectivity index (χ2n) is 19.9. The Morgan fingerprint density at radius 1 is 0.556 bits per heavy atom. The van der Waals surface area contributed by atoms with Gasteiger partial charge in [0.1, 0.15) is 13.2 Å². The standard InChI is InChI=1S/C54H107N2O6P/c1-6-8-10-12-14-16-18-20-22-23-24-25-26-27-28-29-30-31-32-34-35-37-39-41-43-45-47-53(57)52(51-62-63(59,60)61-50-49-56(3,4)5)55-54(58)48-46-44-42-40-38-36-33-21-19-17-15-13-11-9-7-2/h15,17,21,33,52-53,57H,6-14,16,18-20,22-32,34-51H2,1-5H3,(H-,55,58,59,60)/b17-15-,33-21-. The molecule has 0 rings (SSSR count). The number of unbranched alkanes of at least 4 members (excludes halogenated alkanes) is 33. The smallest absolute Gasteiger partial charge is 0.268 e. The fourth-order valence-electron chi connectivity index (χ4n) is 8.13. The number of carbonyl (C=O) groups excluding carboxylic acids is 1. The Hall–Kier alpha value is -1.02. The van der Waals surface area contributed by atoms with Gasteiger partial charge < -0.3 is 28.8 Å². The number of nitrogens with one attached hydrogen (secondary N) is 1. The number of aliphatic hydroxyl groups is 1. The summed E-state index contributed by atoms with van der Waals surface area (Å²) in [5.41, 5.74) is 0. The number of nitrogens with zero attached hydrogens (tertiary/aromatic N) is 1. The molecule has 0 aliphatic carbocycles. The molecule has 0 heterocycles. The summed E-state index contributed by atoms with van der Waals surface area (Å²) in [6, 6.07) is -0.807. The molecule has 3 unspecified atom stereocenters. The van der Waals surface area contributed by atoms with Crippen LogP contribution in [0.5, 0.6) is 0 Å². The van der Waals surface area contributed by atoms with Crippen LogP contribution in [0.25, 0.3) is 0 Å². The topological polar surface area (TPSA) is 108 Å². The van der Waals surface area contributed by atoms with E-state index < -0.39 is 20.0 Å². The minimum atomic E-state index is -4.57. The first-order valence-electron chi connectivity index (χ1n) is 27.2. The van der Waals surface area contributed by atoms with E-state index in [4.69, 9.17) is 9.05 Å². The van der Waals surface area contributed by atoms with Crippen molar-refractivity contribution in [3.05, 3.63) is 24.3 Å². The van der Waals surface area contributed by atoms with Crippen molar-refractivity contribution >= 4 is 13.7 Å². The van der Waals surface area contributed by atoms with Crippen LogP contribution in [-0.2, 0) is 18.4 Å². The SMILES string of the molecule is CCCCC/C=C\C/C=C\CCCCCCCC(=O)NC(COP(=O)([O-])OCC[N+](C)(C)C)C(O)CCCCCCCCCCCCCCCCCCCCCCCCCCCC. The summed E-state index contributed by atoms with van der Waals surface area (Å²) < 4.78 is 23.4. The zero-order valence-electron chi connectivity index (χ0n) is 42.5. The molecular weight excluding hydrogens is 804 g/mol. The summed E-state index contributed by atoms with van der Waals surface area (Å²) in [4.78, 5) is 25.4. The molecule has 0 saturated heterocycles. The number of carbonyl (C=O) groups is 1. The molecule has 1 amide bonds. The summed E-state index contributed by atoms with van der Waals surface area (Å²) in [5.74, 6) is -0.176. The van der Waals surface area contributed by atoms with Crippen LogP contribution >= 0.6 is 7.82 Å². The highest BCUT2D eigenvalue weighted by Crippen LogP contribution is 2.38. The number of likely N-dealkylation sites (N-methyl/N-ethyl adjacent to an activating group) is 1. The monoisotopic (exact) mass is 911 g/mol. The summed E-state index contributed by atoms with van der Waals surface area (Å²) >= 11 is 0. The molecule has 374 valence electrons. The van der Waals surface area contributed by atoms with Crippen molar-refractivity contribution in [2.75, 3.05) is 40.9 Å². The Morgan fingerprint density at radius 3 is 1.35 bits per heavy atom. The predicted octanol–water partition coefficient (Wildman–Crippen LogP) is 15.4. The minimum absolute atomic E-state index is 0.0102. The van der Waals surface area contributed by atoms with Crippen molar-refractivity contribution in [2.45, 2.75) is 276 Å². The number of rotatable bonds is 50. The van der Waals surface area contributed by atoms with E-state index in [-0.39, 0.29) is 19.1 Å². The van der Waals surface area contributed by atoms with Gasteiger partial charge in [-0.25, -0.2) is 0 Å². The van der Waals surface area contributed by atoms with Gasteiger partial charge in [0.15, 0.2) is 0 Å². The first-order valence-corrected chi connectivity index (χ1v) is 28.6. The number of phosphoric acid groups is 1. The van der Waals surface area contributed by atoms with Gasteiger partial charge in [-0.15, -0.1) is 0 Å². The van der Waals surface area contributed by atoms with Gasteiger partial charge >= 0.3 is 0 Å². The maximum absolute atomic E-state index is 12.9. The molecule has 0 bridgehead atoms. The van der Waals surface area contributed by atoms with Crippen LogP contribution in [0.15, 0.2) is 24.3 Å². The molecule has 0 aromatic carbocycles. The number of amides is 1. The largest absolute Gasteiger partial charge is 0.756 e. The summed E-state index contributed by atoms with van der Waals surface area (Å²) in [6.07, 6.45) is 56.3. The highest BCUT2D eigenvalue weighted by atomic mass is 31.2. The molecule has 0 aliphatic rings. The quantitative estimate of drug-likeness (QED) is 0.0272. The van der Waals surface area contributed by atoms with Crippen molar-refractivity contribution < 1.29 is 32.9 Å². The number of aliphatic hydroxyl groups excluding tert-OH is 1. The van der Waals surface area contributed by atoms with Crippen molar-refractivity contribution in [3.8, 4) is 0 Å². The van der Waals surface area contributed by atoms with Gasteiger partial charge in [-0.1, -0.05) is 237 Å². The van der Waals surface area contributed by atoms with Gasteiger partial charge in [-0.05, 0) is 44.9 Å². The second-order valence-corrected chi connectivity index (χ2v) is 21.4. The van der Waals surface area contributed by atoms with E-state index >= 15 is 0 Å². The van der Waals surface area contributed by atoms with E-state index in [2.05, 4.69) is 43.5 Å². The molecular formula is C54H107N2O6P. The van der Waals surface area contributed by atoms with Gasteiger partial charge in [0.25, 0.3) is 7.82 Å². The van der Waals surface area contributed by atoms with Crippen molar-refractivity contribution in [1.82, 2.24) is 5.32 Å². The van der Waals surface area contributed by atoms with E-state index in [0.717, 1.165) is 64.2 Å². The lowest BCUT2D eigenvalue weighted by Gasteiger charge is -2.30.